The highest BCUT2D eigenvalue weighted by atomic mass is 32.1. The van der Waals surface area contributed by atoms with Crippen molar-refractivity contribution in [2.24, 2.45) is 0 Å². The van der Waals surface area contributed by atoms with Crippen molar-refractivity contribution in [3.63, 3.8) is 0 Å². The van der Waals surface area contributed by atoms with Gasteiger partial charge in [0, 0.05) is 30.1 Å². The first-order chi connectivity index (χ1) is 13.0. The van der Waals surface area contributed by atoms with E-state index in [0.717, 1.165) is 42.1 Å². The zero-order valence-electron chi connectivity index (χ0n) is 15.3. The number of tetrazole rings is 1. The first kappa shape index (κ1) is 17.9. The fourth-order valence-corrected chi connectivity index (χ4v) is 4.15. The molecular formula is C18H21N5O3S. The first-order valence-corrected chi connectivity index (χ1v) is 9.81. The van der Waals surface area contributed by atoms with Crippen LogP contribution in [0.2, 0.25) is 0 Å². The summed E-state index contributed by atoms with van der Waals surface area (Å²) in [6, 6.07) is 5.49. The molecule has 3 aromatic heterocycles. The highest BCUT2D eigenvalue weighted by molar-refractivity contribution is 7.12. The monoisotopic (exact) mass is 387 g/mol. The molecule has 27 heavy (non-hydrogen) atoms. The second-order valence-corrected chi connectivity index (χ2v) is 7.66. The Bertz CT molecular complexity index is 1010. The van der Waals surface area contributed by atoms with Gasteiger partial charge in [0.25, 0.3) is 0 Å². The highest BCUT2D eigenvalue weighted by Crippen LogP contribution is 2.21. The van der Waals surface area contributed by atoms with Crippen molar-refractivity contribution in [2.45, 2.75) is 45.9 Å². The van der Waals surface area contributed by atoms with E-state index >= 15 is 0 Å². The molecule has 0 amide bonds. The Balaban J connectivity index is 1.54. The number of hydrogen-bond acceptors (Lipinski definition) is 6. The van der Waals surface area contributed by atoms with E-state index in [9.17, 15) is 9.59 Å². The molecule has 0 radical (unpaired) electrons. The molecule has 8 nitrogen and oxygen atoms in total. The molecule has 9 heteroatoms. The van der Waals surface area contributed by atoms with Gasteiger partial charge in [-0.05, 0) is 60.7 Å². The summed E-state index contributed by atoms with van der Waals surface area (Å²) < 4.78 is 10.1. The second-order valence-electron chi connectivity index (χ2n) is 6.74. The van der Waals surface area contributed by atoms with Crippen LogP contribution in [-0.2, 0) is 17.8 Å². The average Bonchev–Trinajstić information content (AvgIpc) is 3.42. The van der Waals surface area contributed by atoms with Gasteiger partial charge < -0.3 is 9.30 Å². The molecule has 0 saturated carbocycles. The van der Waals surface area contributed by atoms with E-state index in [-0.39, 0.29) is 18.4 Å². The Labute approximate surface area is 160 Å². The molecule has 1 aliphatic rings. The maximum atomic E-state index is 12.8. The van der Waals surface area contributed by atoms with Gasteiger partial charge in [-0.25, -0.2) is 4.79 Å². The van der Waals surface area contributed by atoms with Crippen LogP contribution in [0.3, 0.4) is 0 Å². The standard InChI is InChI=1S/C18H21N5O3S/c1-12-9-15(13(2)21(12)10-14-5-3-7-26-14)16(24)11-22-18(25)23(20-19-22)17-6-4-8-27-17/h4,6,8-9,14H,3,5,7,10-11H2,1-2H3. The minimum atomic E-state index is -0.418. The highest BCUT2D eigenvalue weighted by Gasteiger charge is 2.22. The lowest BCUT2D eigenvalue weighted by molar-refractivity contribution is 0.0945. The van der Waals surface area contributed by atoms with E-state index < -0.39 is 5.69 Å². The molecule has 4 heterocycles. The third kappa shape index (κ3) is 3.40. The Kier molecular flexibility index (Phi) is 4.79. The van der Waals surface area contributed by atoms with Gasteiger partial charge in [0.15, 0.2) is 5.78 Å². The van der Waals surface area contributed by atoms with Crippen LogP contribution in [0.15, 0.2) is 28.4 Å². The Morgan fingerprint density at radius 1 is 1.37 bits per heavy atom. The molecule has 0 spiro atoms. The SMILES string of the molecule is Cc1cc(C(=O)Cn2nnn(-c3cccs3)c2=O)c(C)n1CC1CCCO1. The van der Waals surface area contributed by atoms with Gasteiger partial charge in [-0.15, -0.1) is 11.3 Å². The number of Topliss-reactive ketones (excluding diaryl/α,β-unsaturated/α-hetero) is 1. The van der Waals surface area contributed by atoms with Crippen molar-refractivity contribution in [3.05, 3.63) is 51.0 Å². The van der Waals surface area contributed by atoms with E-state index in [4.69, 9.17) is 4.74 Å². The number of ketones is 1. The number of carbonyl (C=O) groups excluding carboxylic acids is 1. The number of thiophene rings is 1. The molecule has 1 saturated heterocycles. The van der Waals surface area contributed by atoms with E-state index in [1.807, 2.05) is 31.4 Å². The Morgan fingerprint density at radius 3 is 2.93 bits per heavy atom. The summed E-state index contributed by atoms with van der Waals surface area (Å²) in [7, 11) is 0. The smallest absolute Gasteiger partial charge is 0.369 e. The minimum Gasteiger partial charge on any atom is -0.376 e. The van der Waals surface area contributed by atoms with Gasteiger partial charge in [-0.2, -0.15) is 9.36 Å². The zero-order valence-corrected chi connectivity index (χ0v) is 16.1. The number of aromatic nitrogens is 5. The number of ether oxygens (including phenoxy) is 1. The number of hydrogen-bond donors (Lipinski definition) is 0. The minimum absolute atomic E-state index is 0.131. The lowest BCUT2D eigenvalue weighted by Gasteiger charge is -2.14. The third-order valence-corrected chi connectivity index (χ3v) is 5.78. The van der Waals surface area contributed by atoms with Gasteiger partial charge in [-0.1, -0.05) is 0 Å². The molecule has 0 aliphatic carbocycles. The molecule has 0 bridgehead atoms. The van der Waals surface area contributed by atoms with Gasteiger partial charge in [0.2, 0.25) is 0 Å². The van der Waals surface area contributed by atoms with Gasteiger partial charge in [0.1, 0.15) is 11.5 Å². The van der Waals surface area contributed by atoms with Crippen LogP contribution in [0.4, 0.5) is 0 Å². The topological polar surface area (TPSA) is 83.9 Å². The van der Waals surface area contributed by atoms with Crippen LogP contribution in [0.25, 0.3) is 5.00 Å². The first-order valence-electron chi connectivity index (χ1n) is 8.93. The molecule has 142 valence electrons. The summed E-state index contributed by atoms with van der Waals surface area (Å²) in [6.45, 7) is 5.34. The van der Waals surface area contributed by atoms with Crippen LogP contribution >= 0.6 is 11.3 Å². The summed E-state index contributed by atoms with van der Waals surface area (Å²) in [6.07, 6.45) is 2.33. The van der Waals surface area contributed by atoms with Crippen LogP contribution in [0, 0.1) is 13.8 Å². The molecule has 1 atom stereocenters. The maximum Gasteiger partial charge on any atom is 0.369 e. The number of carbonyl (C=O) groups is 1. The van der Waals surface area contributed by atoms with Crippen molar-refractivity contribution in [1.82, 2.24) is 24.4 Å². The normalized spacial score (nSPS) is 16.9. The summed E-state index contributed by atoms with van der Waals surface area (Å²) in [5, 5.41) is 10.3. The summed E-state index contributed by atoms with van der Waals surface area (Å²) in [5.41, 5.74) is 2.11. The van der Waals surface area contributed by atoms with Crippen molar-refractivity contribution >= 4 is 17.1 Å². The Morgan fingerprint density at radius 2 is 2.22 bits per heavy atom. The molecule has 1 unspecified atom stereocenters. The van der Waals surface area contributed by atoms with Gasteiger partial charge in [-0.3, -0.25) is 4.79 Å². The van der Waals surface area contributed by atoms with E-state index in [1.165, 1.54) is 16.0 Å². The largest absolute Gasteiger partial charge is 0.376 e. The fraction of sp³-hybridized carbons (Fsp3) is 0.444. The lowest BCUT2D eigenvalue weighted by Crippen LogP contribution is -2.27. The van der Waals surface area contributed by atoms with Gasteiger partial charge in [0.05, 0.1) is 6.10 Å². The quantitative estimate of drug-likeness (QED) is 0.604. The lowest BCUT2D eigenvalue weighted by atomic mass is 10.1. The molecule has 0 aromatic carbocycles. The molecule has 3 aromatic rings. The fourth-order valence-electron chi connectivity index (χ4n) is 3.48. The summed E-state index contributed by atoms with van der Waals surface area (Å²) in [5.74, 6) is -0.151. The Hall–Kier alpha value is -2.52. The van der Waals surface area contributed by atoms with Crippen LogP contribution in [0.5, 0.6) is 0 Å². The third-order valence-electron chi connectivity index (χ3n) is 4.93. The van der Waals surface area contributed by atoms with Crippen LogP contribution in [0.1, 0.15) is 34.6 Å². The molecule has 1 fully saturated rings. The maximum absolute atomic E-state index is 12.8. The number of rotatable bonds is 6. The van der Waals surface area contributed by atoms with Crippen molar-refractivity contribution < 1.29 is 9.53 Å². The number of aryl methyl sites for hydroxylation is 1. The van der Waals surface area contributed by atoms with Crippen molar-refractivity contribution in [2.75, 3.05) is 6.61 Å². The van der Waals surface area contributed by atoms with E-state index in [0.29, 0.717) is 10.6 Å². The molecule has 0 N–H and O–H groups in total. The van der Waals surface area contributed by atoms with Crippen molar-refractivity contribution in [1.29, 1.82) is 0 Å². The molecule has 4 rings (SSSR count). The summed E-state index contributed by atoms with van der Waals surface area (Å²) in [4.78, 5) is 25.3. The van der Waals surface area contributed by atoms with Crippen LogP contribution < -0.4 is 5.69 Å². The zero-order chi connectivity index (χ0) is 19.0. The average molecular weight is 387 g/mol. The van der Waals surface area contributed by atoms with E-state index in [1.54, 1.807) is 6.07 Å². The second kappa shape index (κ2) is 7.24. The van der Waals surface area contributed by atoms with Gasteiger partial charge >= 0.3 is 5.69 Å². The van der Waals surface area contributed by atoms with E-state index in [2.05, 4.69) is 15.0 Å². The molecule has 1 aliphatic heterocycles. The predicted molar refractivity (Wildman–Crippen MR) is 101 cm³/mol. The summed E-state index contributed by atoms with van der Waals surface area (Å²) >= 11 is 1.39. The predicted octanol–water partition coefficient (Wildman–Crippen LogP) is 1.97. The number of nitrogens with zero attached hydrogens (tertiary/aromatic N) is 5. The van der Waals surface area contributed by atoms with Crippen LogP contribution in [-0.4, -0.2) is 42.9 Å². The molecular weight excluding hydrogens is 366 g/mol. The van der Waals surface area contributed by atoms with Crippen molar-refractivity contribution in [3.8, 4) is 5.00 Å².